The molecule has 2 heterocycles. The third kappa shape index (κ3) is 4.01. The summed E-state index contributed by atoms with van der Waals surface area (Å²) >= 11 is 0. The molecule has 0 atom stereocenters. The summed E-state index contributed by atoms with van der Waals surface area (Å²) in [4.78, 5) is 20.9. The number of hydrogen-bond donors (Lipinski definition) is 0. The first-order valence-electron chi connectivity index (χ1n) is 8.49. The van der Waals surface area contributed by atoms with Gasteiger partial charge in [-0.15, -0.1) is 5.10 Å². The highest BCUT2D eigenvalue weighted by Gasteiger charge is 2.24. The molecule has 3 aromatic rings. The zero-order chi connectivity index (χ0) is 20.1. The quantitative estimate of drug-likeness (QED) is 0.368. The van der Waals surface area contributed by atoms with Gasteiger partial charge in [-0.2, -0.15) is 4.98 Å². The van der Waals surface area contributed by atoms with E-state index in [1.54, 1.807) is 30.8 Å². The van der Waals surface area contributed by atoms with Gasteiger partial charge in [-0.3, -0.25) is 0 Å². The monoisotopic (exact) mass is 380 g/mol. The Kier molecular flexibility index (Phi) is 5.69. The number of hydrogen-bond acceptors (Lipinski definition) is 7. The second-order valence-corrected chi connectivity index (χ2v) is 5.83. The van der Waals surface area contributed by atoms with E-state index in [2.05, 4.69) is 15.1 Å². The van der Waals surface area contributed by atoms with Crippen molar-refractivity contribution in [3.63, 3.8) is 0 Å². The van der Waals surface area contributed by atoms with Gasteiger partial charge in [0.05, 0.1) is 37.4 Å². The van der Waals surface area contributed by atoms with Gasteiger partial charge in [-0.05, 0) is 26.0 Å². The lowest BCUT2D eigenvalue weighted by Crippen LogP contribution is -2.10. The maximum Gasteiger partial charge on any atom is 0.341 e. The van der Waals surface area contributed by atoms with Crippen LogP contribution in [0.15, 0.2) is 48.9 Å². The van der Waals surface area contributed by atoms with Gasteiger partial charge in [0, 0.05) is 12.3 Å². The van der Waals surface area contributed by atoms with Crippen LogP contribution < -0.4 is 4.74 Å². The van der Waals surface area contributed by atoms with Crippen molar-refractivity contribution in [2.45, 2.75) is 13.8 Å². The highest BCUT2D eigenvalue weighted by molar-refractivity contribution is 6.17. The number of ether oxygens (including phenoxy) is 3. The van der Waals surface area contributed by atoms with E-state index in [-0.39, 0.29) is 11.5 Å². The molecule has 144 valence electrons. The van der Waals surface area contributed by atoms with Crippen LogP contribution in [0.4, 0.5) is 0 Å². The van der Waals surface area contributed by atoms with E-state index in [9.17, 15) is 4.79 Å². The summed E-state index contributed by atoms with van der Waals surface area (Å²) in [6, 6.07) is 11.3. The van der Waals surface area contributed by atoms with Gasteiger partial charge in [0.1, 0.15) is 11.4 Å². The summed E-state index contributed by atoms with van der Waals surface area (Å²) in [7, 11) is 2.73. The van der Waals surface area contributed by atoms with Crippen LogP contribution in [0.1, 0.15) is 17.1 Å². The zero-order valence-corrected chi connectivity index (χ0v) is 16.0. The van der Waals surface area contributed by atoms with E-state index in [4.69, 9.17) is 14.2 Å². The average Bonchev–Trinajstić information content (AvgIpc) is 3.15. The minimum atomic E-state index is -0.586. The van der Waals surface area contributed by atoms with Crippen LogP contribution in [0.5, 0.6) is 11.8 Å². The maximum atomic E-state index is 12.2. The second kappa shape index (κ2) is 8.34. The molecular formula is C20H20N4O4. The molecule has 0 aliphatic rings. The van der Waals surface area contributed by atoms with Gasteiger partial charge >= 0.3 is 5.97 Å². The van der Waals surface area contributed by atoms with Crippen LogP contribution >= 0.6 is 0 Å². The number of aryl methyl sites for hydroxylation is 2. The van der Waals surface area contributed by atoms with Gasteiger partial charge in [0.15, 0.2) is 0 Å². The molecule has 1 aromatic carbocycles. The van der Waals surface area contributed by atoms with Gasteiger partial charge in [-0.25, -0.2) is 14.5 Å². The van der Waals surface area contributed by atoms with Gasteiger partial charge in [0.25, 0.3) is 0 Å². The van der Waals surface area contributed by atoms with E-state index in [0.29, 0.717) is 23.0 Å². The lowest BCUT2D eigenvalue weighted by molar-refractivity contribution is -0.133. The highest BCUT2D eigenvalue weighted by Crippen LogP contribution is 2.31. The van der Waals surface area contributed by atoms with Gasteiger partial charge < -0.3 is 14.2 Å². The fraction of sp³-hybridized carbons (Fsp3) is 0.200. The lowest BCUT2D eigenvalue weighted by atomic mass is 10.1. The Morgan fingerprint density at radius 2 is 1.82 bits per heavy atom. The molecule has 8 nitrogen and oxygen atoms in total. The Bertz CT molecular complexity index is 1010. The molecule has 0 radical (unpaired) electrons. The first kappa shape index (κ1) is 19.1. The Morgan fingerprint density at radius 1 is 1.07 bits per heavy atom. The van der Waals surface area contributed by atoms with Crippen LogP contribution in [0, 0.1) is 13.8 Å². The number of methoxy groups -OCH3 is 2. The number of benzene rings is 1. The Balaban J connectivity index is 2.02. The molecule has 3 rings (SSSR count). The molecular weight excluding hydrogens is 360 g/mol. The number of rotatable bonds is 6. The Labute approximate surface area is 162 Å². The molecule has 0 amide bonds. The third-order valence-electron chi connectivity index (χ3n) is 3.87. The van der Waals surface area contributed by atoms with E-state index in [1.165, 1.54) is 20.5 Å². The van der Waals surface area contributed by atoms with Gasteiger partial charge in [-0.1, -0.05) is 18.2 Å². The topological polar surface area (TPSA) is 88.4 Å². The first-order chi connectivity index (χ1) is 13.5. The molecule has 2 aromatic heterocycles. The Hall–Kier alpha value is -3.68. The fourth-order valence-corrected chi connectivity index (χ4v) is 2.69. The number of carbonyl (C=O) groups excluding carboxylic acids is 1. The van der Waals surface area contributed by atoms with Crippen molar-refractivity contribution >= 4 is 11.5 Å². The van der Waals surface area contributed by atoms with Gasteiger partial charge in [0.2, 0.25) is 11.8 Å². The number of nitrogens with zero attached hydrogens (tertiary/aromatic N) is 4. The van der Waals surface area contributed by atoms with Crippen molar-refractivity contribution in [1.82, 2.24) is 19.7 Å². The Morgan fingerprint density at radius 3 is 2.50 bits per heavy atom. The SMILES string of the molecule is CO/C=C(/C(=O)OC)c1c(C)nc(C)nc1Oc1ccn(-c2ccccc2)n1. The van der Waals surface area contributed by atoms with Crippen LogP contribution in [0.25, 0.3) is 11.3 Å². The van der Waals surface area contributed by atoms with Crippen LogP contribution in [-0.4, -0.2) is 39.9 Å². The summed E-state index contributed by atoms with van der Waals surface area (Å²) in [6.07, 6.45) is 3.06. The maximum absolute atomic E-state index is 12.2. The van der Waals surface area contributed by atoms with E-state index >= 15 is 0 Å². The van der Waals surface area contributed by atoms with Crippen molar-refractivity contribution in [2.24, 2.45) is 0 Å². The van der Waals surface area contributed by atoms with Crippen molar-refractivity contribution in [2.75, 3.05) is 14.2 Å². The molecule has 0 saturated carbocycles. The van der Waals surface area contributed by atoms with Crippen molar-refractivity contribution in [1.29, 1.82) is 0 Å². The van der Waals surface area contributed by atoms with Crippen molar-refractivity contribution < 1.29 is 19.0 Å². The minimum Gasteiger partial charge on any atom is -0.503 e. The third-order valence-corrected chi connectivity index (χ3v) is 3.87. The smallest absolute Gasteiger partial charge is 0.341 e. The molecule has 0 unspecified atom stereocenters. The number of esters is 1. The minimum absolute atomic E-state index is 0.153. The van der Waals surface area contributed by atoms with E-state index in [1.807, 2.05) is 30.3 Å². The molecule has 28 heavy (non-hydrogen) atoms. The fourth-order valence-electron chi connectivity index (χ4n) is 2.69. The number of carbonyl (C=O) groups is 1. The largest absolute Gasteiger partial charge is 0.503 e. The summed E-state index contributed by atoms with van der Waals surface area (Å²) in [5, 5.41) is 4.41. The van der Waals surface area contributed by atoms with E-state index in [0.717, 1.165) is 5.69 Å². The molecule has 0 spiro atoms. The van der Waals surface area contributed by atoms with Crippen molar-refractivity contribution in [3.8, 4) is 17.4 Å². The number of para-hydroxylation sites is 1. The average molecular weight is 380 g/mol. The second-order valence-electron chi connectivity index (χ2n) is 5.83. The van der Waals surface area contributed by atoms with Crippen LogP contribution in [-0.2, 0) is 14.3 Å². The highest BCUT2D eigenvalue weighted by atomic mass is 16.5. The summed E-state index contributed by atoms with van der Waals surface area (Å²) in [6.45, 7) is 3.50. The normalized spacial score (nSPS) is 11.2. The van der Waals surface area contributed by atoms with Crippen LogP contribution in [0.3, 0.4) is 0 Å². The van der Waals surface area contributed by atoms with Crippen LogP contribution in [0.2, 0.25) is 0 Å². The molecule has 8 heteroatoms. The summed E-state index contributed by atoms with van der Waals surface area (Å²) in [5.74, 6) is 0.429. The standard InChI is InChI=1S/C20H20N4O4/c1-13-18(16(12-26-3)20(25)27-4)19(22-14(2)21-13)28-17-10-11-24(23-17)15-8-6-5-7-9-15/h5-12H,1-4H3/b16-12+. The lowest BCUT2D eigenvalue weighted by Gasteiger charge is -2.13. The molecule has 0 fully saturated rings. The van der Waals surface area contributed by atoms with E-state index < -0.39 is 5.97 Å². The molecule has 0 N–H and O–H groups in total. The first-order valence-corrected chi connectivity index (χ1v) is 8.49. The van der Waals surface area contributed by atoms with Crippen molar-refractivity contribution in [3.05, 3.63) is 65.9 Å². The molecule has 0 aliphatic carbocycles. The zero-order valence-electron chi connectivity index (χ0n) is 16.0. The molecule has 0 bridgehead atoms. The summed E-state index contributed by atoms with van der Waals surface area (Å²) in [5.41, 5.74) is 1.98. The predicted molar refractivity (Wildman–Crippen MR) is 102 cm³/mol. The number of aromatic nitrogens is 4. The predicted octanol–water partition coefficient (Wildman–Crippen LogP) is 3.23. The summed E-state index contributed by atoms with van der Waals surface area (Å²) < 4.78 is 17.5. The molecule has 0 aliphatic heterocycles. The molecule has 0 saturated heterocycles.